The maximum absolute atomic E-state index is 12.1. The third-order valence-electron chi connectivity index (χ3n) is 3.03. The van der Waals surface area contributed by atoms with Crippen LogP contribution in [0.1, 0.15) is 22.8 Å². The normalized spacial score (nSPS) is 11.1. The summed E-state index contributed by atoms with van der Waals surface area (Å²) < 4.78 is 5.90. The fraction of sp³-hybridized carbons (Fsp3) is 0.125. The second-order valence-electron chi connectivity index (χ2n) is 4.50. The van der Waals surface area contributed by atoms with Crippen LogP contribution in [0.15, 0.2) is 52.0 Å². The van der Waals surface area contributed by atoms with E-state index in [0.29, 0.717) is 22.6 Å². The third kappa shape index (κ3) is 3.65. The molecule has 0 aliphatic rings. The van der Waals surface area contributed by atoms with E-state index in [2.05, 4.69) is 26.5 Å². The number of para-hydroxylation sites is 1. The van der Waals surface area contributed by atoms with Crippen molar-refractivity contribution < 1.29 is 14.6 Å². The minimum atomic E-state index is -0.381. The number of methoxy groups -OCH3 is 1. The molecule has 2 rings (SSSR count). The van der Waals surface area contributed by atoms with Crippen molar-refractivity contribution in [2.75, 3.05) is 7.11 Å². The van der Waals surface area contributed by atoms with Crippen LogP contribution in [0.2, 0.25) is 0 Å². The van der Waals surface area contributed by atoms with Crippen molar-refractivity contribution in [1.29, 1.82) is 0 Å². The number of ether oxygens (including phenoxy) is 1. The Morgan fingerprint density at radius 1 is 1.23 bits per heavy atom. The van der Waals surface area contributed by atoms with Crippen molar-refractivity contribution in [3.05, 3.63) is 58.1 Å². The van der Waals surface area contributed by atoms with Crippen molar-refractivity contribution in [3.8, 4) is 11.5 Å². The molecule has 1 amide bonds. The van der Waals surface area contributed by atoms with Crippen molar-refractivity contribution in [2.45, 2.75) is 6.92 Å². The van der Waals surface area contributed by atoms with Crippen LogP contribution in [0.5, 0.6) is 11.5 Å². The molecule has 0 saturated carbocycles. The number of carbonyl (C=O) groups excluding carboxylic acids is 1. The van der Waals surface area contributed by atoms with Gasteiger partial charge in [0, 0.05) is 10.0 Å². The fourth-order valence-electron chi connectivity index (χ4n) is 1.90. The fourth-order valence-corrected chi connectivity index (χ4v) is 2.25. The molecular formula is C16H15BrN2O3. The van der Waals surface area contributed by atoms with E-state index >= 15 is 0 Å². The van der Waals surface area contributed by atoms with Gasteiger partial charge in [0.05, 0.1) is 18.4 Å². The number of hydrogen-bond acceptors (Lipinski definition) is 4. The number of benzene rings is 2. The zero-order chi connectivity index (χ0) is 16.1. The zero-order valence-corrected chi connectivity index (χ0v) is 13.7. The van der Waals surface area contributed by atoms with Gasteiger partial charge >= 0.3 is 0 Å². The van der Waals surface area contributed by atoms with Crippen molar-refractivity contribution in [2.24, 2.45) is 5.10 Å². The van der Waals surface area contributed by atoms with Gasteiger partial charge in [0.25, 0.3) is 5.91 Å². The molecule has 0 aliphatic carbocycles. The lowest BCUT2D eigenvalue weighted by Gasteiger charge is -2.08. The summed E-state index contributed by atoms with van der Waals surface area (Å²) in [5.74, 6) is 0.176. The van der Waals surface area contributed by atoms with E-state index in [0.717, 1.165) is 4.47 Å². The monoisotopic (exact) mass is 362 g/mol. The minimum Gasteiger partial charge on any atom is -0.507 e. The first-order valence-electron chi connectivity index (χ1n) is 6.49. The van der Waals surface area contributed by atoms with Crippen LogP contribution in [-0.4, -0.2) is 23.8 Å². The van der Waals surface area contributed by atoms with Crippen LogP contribution in [0.25, 0.3) is 0 Å². The van der Waals surface area contributed by atoms with Crippen LogP contribution in [-0.2, 0) is 0 Å². The molecule has 0 radical (unpaired) electrons. The summed E-state index contributed by atoms with van der Waals surface area (Å²) >= 11 is 3.27. The van der Waals surface area contributed by atoms with Gasteiger partial charge in [-0.1, -0.05) is 28.1 Å². The highest BCUT2D eigenvalue weighted by Crippen LogP contribution is 2.23. The van der Waals surface area contributed by atoms with Gasteiger partial charge < -0.3 is 9.84 Å². The summed E-state index contributed by atoms with van der Waals surface area (Å²) in [5.41, 5.74) is 3.89. The maximum Gasteiger partial charge on any atom is 0.275 e. The number of halogens is 1. The Balaban J connectivity index is 2.18. The predicted molar refractivity (Wildman–Crippen MR) is 88.5 cm³/mol. The summed E-state index contributed by atoms with van der Waals surface area (Å²) in [6.45, 7) is 1.70. The number of amides is 1. The molecule has 0 unspecified atom stereocenters. The largest absolute Gasteiger partial charge is 0.507 e. The topological polar surface area (TPSA) is 70.9 Å². The average Bonchev–Trinajstić information content (AvgIpc) is 2.52. The molecular weight excluding hydrogens is 348 g/mol. The maximum atomic E-state index is 12.1. The molecule has 0 spiro atoms. The lowest BCUT2D eigenvalue weighted by molar-refractivity contribution is 0.0952. The zero-order valence-electron chi connectivity index (χ0n) is 12.1. The van der Waals surface area contributed by atoms with Crippen molar-refractivity contribution >= 4 is 27.5 Å². The molecule has 0 heterocycles. The van der Waals surface area contributed by atoms with E-state index in [1.807, 2.05) is 0 Å². The molecule has 0 fully saturated rings. The van der Waals surface area contributed by atoms with E-state index < -0.39 is 0 Å². The second-order valence-corrected chi connectivity index (χ2v) is 5.42. The molecule has 0 atom stereocenters. The number of phenolic OH excluding ortho intramolecular Hbond substituents is 1. The van der Waals surface area contributed by atoms with Crippen LogP contribution < -0.4 is 10.2 Å². The Labute approximate surface area is 136 Å². The van der Waals surface area contributed by atoms with Gasteiger partial charge in [-0.15, -0.1) is 0 Å². The van der Waals surface area contributed by atoms with E-state index in [9.17, 15) is 9.90 Å². The minimum absolute atomic E-state index is 0.0853. The number of rotatable bonds is 4. The summed E-state index contributed by atoms with van der Waals surface area (Å²) in [6.07, 6.45) is 0. The first-order valence-corrected chi connectivity index (χ1v) is 7.28. The highest BCUT2D eigenvalue weighted by molar-refractivity contribution is 9.10. The van der Waals surface area contributed by atoms with E-state index in [-0.39, 0.29) is 11.7 Å². The quantitative estimate of drug-likeness (QED) is 0.647. The van der Waals surface area contributed by atoms with E-state index in [1.54, 1.807) is 49.4 Å². The predicted octanol–water partition coefficient (Wildman–Crippen LogP) is 3.32. The van der Waals surface area contributed by atoms with E-state index in [1.165, 1.54) is 7.11 Å². The number of hydrazone groups is 1. The van der Waals surface area contributed by atoms with E-state index in [4.69, 9.17) is 4.74 Å². The standard InChI is InChI=1S/C16H15BrN2O3/c1-10(12-8-7-11(17)9-14(12)20)18-19-16(21)13-5-3-4-6-15(13)22-2/h3-9,20H,1-2H3,(H,19,21)/b18-10-. The van der Waals surface area contributed by atoms with Crippen LogP contribution >= 0.6 is 15.9 Å². The first-order chi connectivity index (χ1) is 10.5. The molecule has 2 N–H and O–H groups in total. The SMILES string of the molecule is COc1ccccc1C(=O)N/N=C(/C)c1ccc(Br)cc1O. The number of phenols is 1. The molecule has 0 saturated heterocycles. The van der Waals surface area contributed by atoms with Crippen molar-refractivity contribution in [1.82, 2.24) is 5.43 Å². The lowest BCUT2D eigenvalue weighted by atomic mass is 10.1. The van der Waals surface area contributed by atoms with Gasteiger partial charge in [-0.05, 0) is 37.3 Å². The Kier molecular flexibility index (Phi) is 5.16. The van der Waals surface area contributed by atoms with Gasteiger partial charge in [-0.3, -0.25) is 4.79 Å². The van der Waals surface area contributed by atoms with Gasteiger partial charge in [-0.2, -0.15) is 5.10 Å². The van der Waals surface area contributed by atoms with Crippen LogP contribution in [0.4, 0.5) is 0 Å². The van der Waals surface area contributed by atoms with Crippen LogP contribution in [0.3, 0.4) is 0 Å². The number of aromatic hydroxyl groups is 1. The number of hydrogen-bond donors (Lipinski definition) is 2. The number of carbonyl (C=O) groups is 1. The molecule has 22 heavy (non-hydrogen) atoms. The summed E-state index contributed by atoms with van der Waals surface area (Å²) in [4.78, 5) is 12.1. The first kappa shape index (κ1) is 16.0. The second kappa shape index (κ2) is 7.09. The highest BCUT2D eigenvalue weighted by Gasteiger charge is 2.11. The highest BCUT2D eigenvalue weighted by atomic mass is 79.9. The van der Waals surface area contributed by atoms with Crippen molar-refractivity contribution in [3.63, 3.8) is 0 Å². The Morgan fingerprint density at radius 2 is 1.95 bits per heavy atom. The van der Waals surface area contributed by atoms with Crippen LogP contribution in [0, 0.1) is 0 Å². The summed E-state index contributed by atoms with van der Waals surface area (Å²) in [5, 5.41) is 13.9. The molecule has 0 aliphatic heterocycles. The summed E-state index contributed by atoms with van der Waals surface area (Å²) in [7, 11) is 1.50. The number of nitrogens with one attached hydrogen (secondary N) is 1. The third-order valence-corrected chi connectivity index (χ3v) is 3.52. The smallest absolute Gasteiger partial charge is 0.275 e. The Hall–Kier alpha value is -2.34. The number of nitrogens with zero attached hydrogens (tertiary/aromatic N) is 1. The molecule has 2 aromatic rings. The molecule has 114 valence electrons. The van der Waals surface area contributed by atoms with Gasteiger partial charge in [-0.25, -0.2) is 5.43 Å². The molecule has 2 aromatic carbocycles. The Morgan fingerprint density at radius 3 is 2.64 bits per heavy atom. The van der Waals surface area contributed by atoms with Gasteiger partial charge in [0.2, 0.25) is 0 Å². The van der Waals surface area contributed by atoms with Gasteiger partial charge in [0.15, 0.2) is 0 Å². The van der Waals surface area contributed by atoms with Gasteiger partial charge in [0.1, 0.15) is 11.5 Å². The summed E-state index contributed by atoms with van der Waals surface area (Å²) in [6, 6.07) is 11.9. The molecule has 6 heteroatoms. The molecule has 0 aromatic heterocycles. The molecule has 5 nitrogen and oxygen atoms in total. The average molecular weight is 363 g/mol. The molecule has 0 bridgehead atoms. The Bertz CT molecular complexity index is 729. The lowest BCUT2D eigenvalue weighted by Crippen LogP contribution is -2.20.